The summed E-state index contributed by atoms with van der Waals surface area (Å²) in [5.41, 5.74) is 1.32. The number of nitrogens with zero attached hydrogens (tertiary/aromatic N) is 2. The summed E-state index contributed by atoms with van der Waals surface area (Å²) in [6, 6.07) is 8.85. The second-order valence-electron chi connectivity index (χ2n) is 9.49. The minimum Gasteiger partial charge on any atom is -0.497 e. The minimum absolute atomic E-state index is 0.0127. The first-order valence-electron chi connectivity index (χ1n) is 12.5. The number of piperidine rings is 1. The van der Waals surface area contributed by atoms with E-state index in [4.69, 9.17) is 4.74 Å². The lowest BCUT2D eigenvalue weighted by Crippen LogP contribution is -2.42. The number of carboxylic acids is 1. The topological polar surface area (TPSA) is 62.7 Å². The lowest BCUT2D eigenvalue weighted by molar-refractivity contribution is -0.139. The molecule has 198 valence electrons. The van der Waals surface area contributed by atoms with Gasteiger partial charge in [0.2, 0.25) is 0 Å². The predicted molar refractivity (Wildman–Crippen MR) is 139 cm³/mol. The molecule has 9 heteroatoms. The normalized spacial score (nSPS) is 18.3. The molecule has 2 atom stereocenters. The summed E-state index contributed by atoms with van der Waals surface area (Å²) in [5, 5.41) is 10.2. The molecule has 1 fully saturated rings. The molecule has 4 rings (SSSR count). The van der Waals surface area contributed by atoms with E-state index in [9.17, 15) is 23.1 Å². The average Bonchev–Trinajstić information content (AvgIpc) is 2.87. The summed E-state index contributed by atoms with van der Waals surface area (Å²) < 4.78 is 47.3. The number of likely N-dealkylation sites (tertiary alicyclic amines) is 1. The van der Waals surface area contributed by atoms with E-state index in [0.29, 0.717) is 42.1 Å². The van der Waals surface area contributed by atoms with Crippen LogP contribution in [0, 0.1) is 29.3 Å². The monoisotopic (exact) mass is 532 g/mol. The first kappa shape index (κ1) is 27.3. The average molecular weight is 533 g/mol. The zero-order valence-corrected chi connectivity index (χ0v) is 21.6. The number of aryl methyl sites for hydroxylation is 1. The molecule has 5 nitrogen and oxygen atoms in total. The molecule has 1 aliphatic heterocycles. The number of methoxy groups -OCH3 is 1. The molecule has 2 aromatic carbocycles. The number of carboxylic acid groups (broad SMARTS) is 1. The van der Waals surface area contributed by atoms with Gasteiger partial charge in [0.1, 0.15) is 23.2 Å². The Balaban J connectivity index is 1.34. The third-order valence-corrected chi connectivity index (χ3v) is 8.12. The SMILES string of the molecule is COc1ccc2ncc(F)c(CCC[C@@H]3CCN(CCSc4cc(F)ccc4F)C[C@H]3CC(=O)O)c2c1. The van der Waals surface area contributed by atoms with Crippen LogP contribution in [0.1, 0.15) is 31.2 Å². The van der Waals surface area contributed by atoms with Crippen molar-refractivity contribution in [2.24, 2.45) is 11.8 Å². The Bertz CT molecular complexity index is 1240. The van der Waals surface area contributed by atoms with Crippen molar-refractivity contribution in [3.63, 3.8) is 0 Å². The maximum absolute atomic E-state index is 14.7. The second-order valence-corrected chi connectivity index (χ2v) is 10.6. The number of ether oxygens (including phenoxy) is 1. The summed E-state index contributed by atoms with van der Waals surface area (Å²) in [4.78, 5) is 18.2. The van der Waals surface area contributed by atoms with Gasteiger partial charge in [0.25, 0.3) is 0 Å². The summed E-state index contributed by atoms with van der Waals surface area (Å²) in [5.74, 6) is -0.629. The Kier molecular flexibility index (Phi) is 9.32. The Hall–Kier alpha value is -2.78. The van der Waals surface area contributed by atoms with Crippen LogP contribution in [0.2, 0.25) is 0 Å². The summed E-state index contributed by atoms with van der Waals surface area (Å²) >= 11 is 1.26. The van der Waals surface area contributed by atoms with E-state index >= 15 is 0 Å². The summed E-state index contributed by atoms with van der Waals surface area (Å²) in [7, 11) is 1.57. The van der Waals surface area contributed by atoms with Crippen LogP contribution in [0.3, 0.4) is 0 Å². The number of benzene rings is 2. The zero-order chi connectivity index (χ0) is 26.4. The van der Waals surface area contributed by atoms with Crippen LogP contribution in [0.25, 0.3) is 10.9 Å². The molecule has 2 heterocycles. The lowest BCUT2D eigenvalue weighted by Gasteiger charge is -2.38. The van der Waals surface area contributed by atoms with Gasteiger partial charge in [0, 0.05) is 35.5 Å². The van der Waals surface area contributed by atoms with Gasteiger partial charge in [0.05, 0.1) is 18.8 Å². The number of carbonyl (C=O) groups is 1. The third kappa shape index (κ3) is 7.17. The highest BCUT2D eigenvalue weighted by Gasteiger charge is 2.30. The fraction of sp³-hybridized carbons (Fsp3) is 0.429. The van der Waals surface area contributed by atoms with Crippen LogP contribution in [-0.4, -0.2) is 53.5 Å². The highest BCUT2D eigenvalue weighted by atomic mass is 32.2. The number of hydrogen-bond donors (Lipinski definition) is 1. The van der Waals surface area contributed by atoms with Crippen LogP contribution in [0.5, 0.6) is 5.75 Å². The van der Waals surface area contributed by atoms with Crippen LogP contribution in [0.15, 0.2) is 47.5 Å². The maximum Gasteiger partial charge on any atom is 0.303 e. The largest absolute Gasteiger partial charge is 0.497 e. The van der Waals surface area contributed by atoms with Crippen molar-refractivity contribution < 1.29 is 27.8 Å². The molecule has 0 spiro atoms. The minimum atomic E-state index is -0.827. The molecule has 0 aliphatic carbocycles. The van der Waals surface area contributed by atoms with Crippen LogP contribution < -0.4 is 4.74 Å². The molecule has 1 aromatic heterocycles. The quantitative estimate of drug-likeness (QED) is 0.297. The van der Waals surface area contributed by atoms with Crippen molar-refractivity contribution in [3.8, 4) is 5.75 Å². The van der Waals surface area contributed by atoms with Crippen molar-refractivity contribution in [1.82, 2.24) is 9.88 Å². The molecule has 3 aromatic rings. The first-order valence-corrected chi connectivity index (χ1v) is 13.5. The van der Waals surface area contributed by atoms with E-state index in [1.807, 2.05) is 6.07 Å². The van der Waals surface area contributed by atoms with Gasteiger partial charge in [-0.15, -0.1) is 11.8 Å². The van der Waals surface area contributed by atoms with Gasteiger partial charge in [-0.25, -0.2) is 13.2 Å². The molecule has 0 saturated carbocycles. The van der Waals surface area contributed by atoms with Crippen LogP contribution >= 0.6 is 11.8 Å². The lowest BCUT2D eigenvalue weighted by atomic mass is 9.80. The molecular formula is C28H31F3N2O3S. The van der Waals surface area contributed by atoms with E-state index in [1.165, 1.54) is 24.0 Å². The predicted octanol–water partition coefficient (Wildman–Crippen LogP) is 6.19. The molecule has 1 saturated heterocycles. The molecule has 0 amide bonds. The second kappa shape index (κ2) is 12.6. The standard InChI is InChI=1S/C28H31F3N2O3S/c1-36-21-6-8-26-23(15-21)22(25(31)16-32-26)4-2-3-18-9-10-33(17-19(18)13-28(34)35)11-12-37-27-14-20(29)5-7-24(27)30/h5-8,14-16,18-19H,2-4,9-13,17H2,1H3,(H,34,35)/t18-,19-/m1/s1. The number of hydrogen-bond acceptors (Lipinski definition) is 5. The van der Waals surface area contributed by atoms with E-state index < -0.39 is 17.6 Å². The van der Waals surface area contributed by atoms with E-state index in [-0.39, 0.29) is 29.0 Å². The fourth-order valence-electron chi connectivity index (χ4n) is 5.19. The van der Waals surface area contributed by atoms with Crippen LogP contribution in [0.4, 0.5) is 13.2 Å². The smallest absolute Gasteiger partial charge is 0.303 e. The Labute approximate surface area is 219 Å². The van der Waals surface area contributed by atoms with Crippen molar-refractivity contribution in [3.05, 3.63) is 65.6 Å². The number of fused-ring (bicyclic) bond motifs is 1. The number of halogens is 3. The van der Waals surface area contributed by atoms with Crippen molar-refractivity contribution in [2.75, 3.05) is 32.5 Å². The van der Waals surface area contributed by atoms with E-state index in [2.05, 4.69) is 9.88 Å². The molecule has 1 aliphatic rings. The van der Waals surface area contributed by atoms with Crippen molar-refractivity contribution in [1.29, 1.82) is 0 Å². The van der Waals surface area contributed by atoms with Gasteiger partial charge in [-0.05, 0) is 86.0 Å². The highest BCUT2D eigenvalue weighted by Crippen LogP contribution is 2.33. The first-order chi connectivity index (χ1) is 17.8. The zero-order valence-electron chi connectivity index (χ0n) is 20.8. The number of rotatable bonds is 11. The van der Waals surface area contributed by atoms with Crippen molar-refractivity contribution >= 4 is 28.6 Å². The Morgan fingerprint density at radius 2 is 2.00 bits per heavy atom. The van der Waals surface area contributed by atoms with Gasteiger partial charge in [-0.2, -0.15) is 0 Å². The third-order valence-electron chi connectivity index (χ3n) is 7.11. The van der Waals surface area contributed by atoms with Crippen molar-refractivity contribution in [2.45, 2.75) is 37.0 Å². The summed E-state index contributed by atoms with van der Waals surface area (Å²) in [6.45, 7) is 2.13. The fourth-order valence-corrected chi connectivity index (χ4v) is 6.16. The maximum atomic E-state index is 14.7. The highest BCUT2D eigenvalue weighted by molar-refractivity contribution is 7.99. The number of aliphatic carboxylic acids is 1. The molecule has 37 heavy (non-hydrogen) atoms. The molecule has 1 N–H and O–H groups in total. The van der Waals surface area contributed by atoms with Gasteiger partial charge < -0.3 is 14.7 Å². The Morgan fingerprint density at radius 3 is 2.78 bits per heavy atom. The van der Waals surface area contributed by atoms with Gasteiger partial charge >= 0.3 is 5.97 Å². The number of thioether (sulfide) groups is 1. The molecule has 0 radical (unpaired) electrons. The molecule has 0 unspecified atom stereocenters. The summed E-state index contributed by atoms with van der Waals surface area (Å²) in [6.07, 6.45) is 4.27. The van der Waals surface area contributed by atoms with E-state index in [0.717, 1.165) is 43.3 Å². The van der Waals surface area contributed by atoms with Crippen LogP contribution in [-0.2, 0) is 11.2 Å². The Morgan fingerprint density at radius 1 is 1.16 bits per heavy atom. The molecule has 0 bridgehead atoms. The number of aromatic nitrogens is 1. The van der Waals surface area contributed by atoms with E-state index in [1.54, 1.807) is 19.2 Å². The number of pyridine rings is 1. The van der Waals surface area contributed by atoms with Gasteiger partial charge in [0.15, 0.2) is 0 Å². The van der Waals surface area contributed by atoms with Gasteiger partial charge in [-0.3, -0.25) is 9.78 Å². The van der Waals surface area contributed by atoms with Gasteiger partial charge in [-0.1, -0.05) is 0 Å². The molecular weight excluding hydrogens is 501 g/mol.